The van der Waals surface area contributed by atoms with Crippen molar-refractivity contribution in [1.29, 1.82) is 0 Å². The zero-order valence-corrected chi connectivity index (χ0v) is 11.5. The highest BCUT2D eigenvalue weighted by Crippen LogP contribution is 2.28. The summed E-state index contributed by atoms with van der Waals surface area (Å²) >= 11 is 1.40. The Morgan fingerprint density at radius 1 is 1.00 bits per heavy atom. The van der Waals surface area contributed by atoms with Gasteiger partial charge in [-0.2, -0.15) is 9.61 Å². The van der Waals surface area contributed by atoms with E-state index in [1.54, 1.807) is 35.1 Å². The van der Waals surface area contributed by atoms with Crippen molar-refractivity contribution in [2.45, 2.75) is 0 Å². The van der Waals surface area contributed by atoms with Crippen molar-refractivity contribution in [2.24, 2.45) is 0 Å². The quantitative estimate of drug-likeness (QED) is 0.570. The zero-order valence-electron chi connectivity index (χ0n) is 10.6. The van der Waals surface area contributed by atoms with Crippen LogP contribution in [-0.2, 0) is 0 Å². The van der Waals surface area contributed by atoms with Crippen molar-refractivity contribution in [3.8, 4) is 22.0 Å². The van der Waals surface area contributed by atoms with E-state index >= 15 is 0 Å². The number of pyridine rings is 1. The Kier molecular flexibility index (Phi) is 2.71. The number of nitrogens with zero attached hydrogens (tertiary/aromatic N) is 5. The van der Waals surface area contributed by atoms with Crippen LogP contribution in [0.4, 0.5) is 4.39 Å². The van der Waals surface area contributed by atoms with Crippen molar-refractivity contribution < 1.29 is 4.39 Å². The lowest BCUT2D eigenvalue weighted by atomic mass is 10.2. The predicted octanol–water partition coefficient (Wildman–Crippen LogP) is 3.05. The van der Waals surface area contributed by atoms with Crippen molar-refractivity contribution in [2.75, 3.05) is 0 Å². The largest absolute Gasteiger partial charge is 0.265 e. The van der Waals surface area contributed by atoms with Crippen LogP contribution in [0, 0.1) is 5.82 Å². The smallest absolute Gasteiger partial charge is 0.235 e. The van der Waals surface area contributed by atoms with Crippen LogP contribution >= 0.6 is 11.3 Å². The van der Waals surface area contributed by atoms with Crippen LogP contribution in [0.5, 0.6) is 0 Å². The number of rotatable bonds is 2. The molecule has 5 nitrogen and oxygen atoms in total. The fourth-order valence-corrected chi connectivity index (χ4v) is 2.88. The molecule has 0 saturated carbocycles. The molecular weight excluding hydrogens is 289 g/mol. The molecule has 0 unspecified atom stereocenters. The molecule has 0 N–H and O–H groups in total. The normalized spacial score (nSPS) is 11.1. The maximum Gasteiger partial charge on any atom is 0.235 e. The van der Waals surface area contributed by atoms with Gasteiger partial charge in [-0.15, -0.1) is 10.2 Å². The van der Waals surface area contributed by atoms with Gasteiger partial charge in [-0.25, -0.2) is 4.39 Å². The van der Waals surface area contributed by atoms with E-state index in [1.807, 2.05) is 12.1 Å². The highest BCUT2D eigenvalue weighted by atomic mass is 32.1. The first-order chi connectivity index (χ1) is 10.3. The molecule has 0 amide bonds. The third kappa shape index (κ3) is 1.98. The number of benzene rings is 1. The number of aromatic nitrogens is 5. The molecule has 0 saturated heterocycles. The van der Waals surface area contributed by atoms with E-state index in [0.717, 1.165) is 10.6 Å². The molecule has 102 valence electrons. The number of hydrogen-bond acceptors (Lipinski definition) is 5. The van der Waals surface area contributed by atoms with Gasteiger partial charge in [0.1, 0.15) is 10.8 Å². The summed E-state index contributed by atoms with van der Waals surface area (Å²) in [6, 6.07) is 10.2. The molecule has 0 fully saturated rings. The van der Waals surface area contributed by atoms with Gasteiger partial charge >= 0.3 is 0 Å². The molecule has 3 heterocycles. The maximum absolute atomic E-state index is 13.9. The Morgan fingerprint density at radius 2 is 1.81 bits per heavy atom. The topological polar surface area (TPSA) is 56.0 Å². The molecule has 21 heavy (non-hydrogen) atoms. The van der Waals surface area contributed by atoms with Gasteiger partial charge in [0, 0.05) is 18.0 Å². The van der Waals surface area contributed by atoms with Crippen LogP contribution < -0.4 is 0 Å². The lowest BCUT2D eigenvalue weighted by molar-refractivity contribution is 0.629. The molecule has 0 bridgehead atoms. The fourth-order valence-electron chi connectivity index (χ4n) is 2.04. The van der Waals surface area contributed by atoms with Crippen molar-refractivity contribution >= 4 is 16.3 Å². The molecular formula is C14H8FN5S. The fraction of sp³-hybridized carbons (Fsp3) is 0. The summed E-state index contributed by atoms with van der Waals surface area (Å²) in [7, 11) is 0. The van der Waals surface area contributed by atoms with Crippen molar-refractivity contribution in [1.82, 2.24) is 24.8 Å². The van der Waals surface area contributed by atoms with E-state index in [0.29, 0.717) is 16.3 Å². The minimum atomic E-state index is -0.342. The Balaban J connectivity index is 1.90. The van der Waals surface area contributed by atoms with Gasteiger partial charge in [0.15, 0.2) is 5.82 Å². The van der Waals surface area contributed by atoms with Crippen LogP contribution in [0.1, 0.15) is 0 Å². The summed E-state index contributed by atoms with van der Waals surface area (Å²) in [4.78, 5) is 4.61. The third-order valence-electron chi connectivity index (χ3n) is 3.03. The number of fused-ring (bicyclic) bond motifs is 1. The third-order valence-corrected chi connectivity index (χ3v) is 3.98. The SMILES string of the molecule is Fc1ccccc1-c1nnc2sc(-c3ccncc3)nn12. The average molecular weight is 297 g/mol. The second-order valence-corrected chi connectivity index (χ2v) is 5.30. The highest BCUT2D eigenvalue weighted by Gasteiger charge is 2.16. The zero-order chi connectivity index (χ0) is 14.2. The summed E-state index contributed by atoms with van der Waals surface area (Å²) < 4.78 is 15.5. The maximum atomic E-state index is 13.9. The van der Waals surface area contributed by atoms with E-state index in [1.165, 1.54) is 17.4 Å². The van der Waals surface area contributed by atoms with Crippen LogP contribution in [0.25, 0.3) is 26.9 Å². The van der Waals surface area contributed by atoms with Crippen molar-refractivity contribution in [3.05, 3.63) is 54.6 Å². The molecule has 7 heteroatoms. The molecule has 4 rings (SSSR count). The summed E-state index contributed by atoms with van der Waals surface area (Å²) in [5.74, 6) is 0.0601. The standard InChI is InChI=1S/C14H8FN5S/c15-11-4-2-1-3-10(11)12-17-18-14-20(12)19-13(21-14)9-5-7-16-8-6-9/h1-8H. The highest BCUT2D eigenvalue weighted by molar-refractivity contribution is 7.19. The second-order valence-electron chi connectivity index (χ2n) is 4.34. The Hall–Kier alpha value is -2.67. The van der Waals surface area contributed by atoms with Crippen LogP contribution in [0.15, 0.2) is 48.8 Å². The molecule has 0 atom stereocenters. The van der Waals surface area contributed by atoms with Gasteiger partial charge in [-0.05, 0) is 24.3 Å². The Labute approximate surface area is 122 Å². The molecule has 3 aromatic heterocycles. The Morgan fingerprint density at radius 3 is 2.62 bits per heavy atom. The van der Waals surface area contributed by atoms with Gasteiger partial charge in [-0.3, -0.25) is 4.98 Å². The summed E-state index contributed by atoms with van der Waals surface area (Å²) in [5, 5.41) is 13.4. The minimum absolute atomic E-state index is 0.342. The van der Waals surface area contributed by atoms with E-state index in [4.69, 9.17) is 0 Å². The van der Waals surface area contributed by atoms with Crippen LogP contribution in [0.3, 0.4) is 0 Å². The molecule has 4 aromatic rings. The van der Waals surface area contributed by atoms with Gasteiger partial charge < -0.3 is 0 Å². The molecule has 0 spiro atoms. The van der Waals surface area contributed by atoms with Crippen LogP contribution in [-0.4, -0.2) is 24.8 Å². The number of hydrogen-bond donors (Lipinski definition) is 0. The molecule has 0 aliphatic heterocycles. The van der Waals surface area contributed by atoms with E-state index in [2.05, 4.69) is 20.3 Å². The van der Waals surface area contributed by atoms with Gasteiger partial charge in [0.05, 0.1) is 5.56 Å². The monoisotopic (exact) mass is 297 g/mol. The molecule has 0 radical (unpaired) electrons. The van der Waals surface area contributed by atoms with Crippen LogP contribution in [0.2, 0.25) is 0 Å². The van der Waals surface area contributed by atoms with Crippen molar-refractivity contribution in [3.63, 3.8) is 0 Å². The van der Waals surface area contributed by atoms with Gasteiger partial charge in [0.2, 0.25) is 4.96 Å². The number of halogens is 1. The first-order valence-electron chi connectivity index (χ1n) is 6.20. The minimum Gasteiger partial charge on any atom is -0.265 e. The molecule has 0 aliphatic carbocycles. The molecule has 1 aromatic carbocycles. The second kappa shape index (κ2) is 4.71. The first kappa shape index (κ1) is 12.1. The summed E-state index contributed by atoms with van der Waals surface area (Å²) in [6.45, 7) is 0. The van der Waals surface area contributed by atoms with E-state index < -0.39 is 0 Å². The summed E-state index contributed by atoms with van der Waals surface area (Å²) in [6.07, 6.45) is 3.41. The lowest BCUT2D eigenvalue weighted by Gasteiger charge is -1.98. The first-order valence-corrected chi connectivity index (χ1v) is 7.02. The van der Waals surface area contributed by atoms with Gasteiger partial charge in [-0.1, -0.05) is 23.5 Å². The van der Waals surface area contributed by atoms with Gasteiger partial charge in [0.25, 0.3) is 0 Å². The summed E-state index contributed by atoms with van der Waals surface area (Å²) in [5.41, 5.74) is 1.33. The molecule has 0 aliphatic rings. The predicted molar refractivity (Wildman–Crippen MR) is 77.3 cm³/mol. The lowest BCUT2D eigenvalue weighted by Crippen LogP contribution is -1.93. The van der Waals surface area contributed by atoms with E-state index in [-0.39, 0.29) is 5.82 Å². The average Bonchev–Trinajstić information content (AvgIpc) is 3.09. The van der Waals surface area contributed by atoms with E-state index in [9.17, 15) is 4.39 Å². The Bertz CT molecular complexity index is 915.